The Kier molecular flexibility index (Phi) is 7.80. The second-order valence-corrected chi connectivity index (χ2v) is 8.91. The zero-order valence-electron chi connectivity index (χ0n) is 19.6. The van der Waals surface area contributed by atoms with Crippen LogP contribution in [0.2, 0.25) is 0 Å². The molecule has 0 unspecified atom stereocenters. The van der Waals surface area contributed by atoms with Gasteiger partial charge in [0.25, 0.3) is 0 Å². The molecular formula is C26H33F3N4O. The number of aryl methyl sites for hydroxylation is 1. The lowest BCUT2D eigenvalue weighted by atomic mass is 10.0. The van der Waals surface area contributed by atoms with Gasteiger partial charge in [-0.2, -0.15) is 0 Å². The summed E-state index contributed by atoms with van der Waals surface area (Å²) in [5.74, 6) is -0.218. The molecule has 0 saturated carbocycles. The minimum Gasteiger partial charge on any atom is -0.406 e. The van der Waals surface area contributed by atoms with Crippen LogP contribution in [0.3, 0.4) is 0 Å². The number of piperidine rings is 1. The number of alkyl halides is 3. The van der Waals surface area contributed by atoms with Gasteiger partial charge in [-0.3, -0.25) is 4.90 Å². The zero-order chi connectivity index (χ0) is 24.1. The molecule has 2 heterocycles. The molecule has 0 aliphatic carbocycles. The third-order valence-corrected chi connectivity index (χ3v) is 6.43. The maximum Gasteiger partial charge on any atom is 0.573 e. The standard InChI is InChI=1S/C26H33F3N4O/c1-2-31-21-10-14-32(15-11-21)17-19-4-9-25-23(16-19)24(18-33(25)13-3-12-30)20-5-7-22(8-6-20)34-26(27,28)29/h4-9,16,18,21,31H,2-3,10-15,17,30H2,1H3. The number of likely N-dealkylation sites (tertiary alicyclic amines) is 1. The van der Waals surface area contributed by atoms with Crippen molar-refractivity contribution in [2.24, 2.45) is 5.73 Å². The molecule has 1 aliphatic rings. The maximum atomic E-state index is 12.5. The second-order valence-electron chi connectivity index (χ2n) is 8.91. The van der Waals surface area contributed by atoms with Gasteiger partial charge in [0.15, 0.2) is 0 Å². The first-order valence-corrected chi connectivity index (χ1v) is 12.0. The molecule has 0 radical (unpaired) electrons. The summed E-state index contributed by atoms with van der Waals surface area (Å²) in [6.45, 7) is 7.57. The van der Waals surface area contributed by atoms with Crippen molar-refractivity contribution in [3.05, 3.63) is 54.2 Å². The normalized spacial score (nSPS) is 15.8. The summed E-state index contributed by atoms with van der Waals surface area (Å²) in [4.78, 5) is 2.49. The summed E-state index contributed by atoms with van der Waals surface area (Å²) >= 11 is 0. The maximum absolute atomic E-state index is 12.5. The van der Waals surface area contributed by atoms with Crippen molar-refractivity contribution < 1.29 is 17.9 Å². The molecule has 8 heteroatoms. The van der Waals surface area contributed by atoms with Crippen LogP contribution in [0.1, 0.15) is 31.7 Å². The van der Waals surface area contributed by atoms with E-state index in [1.807, 2.05) is 0 Å². The summed E-state index contributed by atoms with van der Waals surface area (Å²) in [5.41, 5.74) is 9.93. The molecule has 3 aromatic rings. The lowest BCUT2D eigenvalue weighted by Crippen LogP contribution is -2.42. The monoisotopic (exact) mass is 474 g/mol. The number of aromatic nitrogens is 1. The smallest absolute Gasteiger partial charge is 0.406 e. The molecule has 1 aromatic heterocycles. The van der Waals surface area contributed by atoms with Gasteiger partial charge in [0.2, 0.25) is 0 Å². The topological polar surface area (TPSA) is 55.5 Å². The Morgan fingerprint density at radius 2 is 1.82 bits per heavy atom. The van der Waals surface area contributed by atoms with Crippen molar-refractivity contribution >= 4 is 10.9 Å². The molecule has 0 atom stereocenters. The van der Waals surface area contributed by atoms with E-state index in [2.05, 4.69) is 50.8 Å². The summed E-state index contributed by atoms with van der Waals surface area (Å²) in [6, 6.07) is 13.3. The largest absolute Gasteiger partial charge is 0.573 e. The van der Waals surface area contributed by atoms with Crippen LogP contribution in [-0.2, 0) is 13.1 Å². The molecule has 34 heavy (non-hydrogen) atoms. The number of halogens is 3. The molecule has 3 N–H and O–H groups in total. The van der Waals surface area contributed by atoms with E-state index < -0.39 is 6.36 Å². The highest BCUT2D eigenvalue weighted by Gasteiger charge is 2.31. The van der Waals surface area contributed by atoms with E-state index in [4.69, 9.17) is 5.73 Å². The van der Waals surface area contributed by atoms with Crippen molar-refractivity contribution in [2.75, 3.05) is 26.2 Å². The summed E-state index contributed by atoms with van der Waals surface area (Å²) < 4.78 is 43.9. The lowest BCUT2D eigenvalue weighted by Gasteiger charge is -2.32. The Balaban J connectivity index is 1.59. The highest BCUT2D eigenvalue weighted by Crippen LogP contribution is 2.34. The Bertz CT molecular complexity index is 1070. The first kappa shape index (κ1) is 24.6. The van der Waals surface area contributed by atoms with Gasteiger partial charge in [-0.25, -0.2) is 0 Å². The SMILES string of the molecule is CCNC1CCN(Cc2ccc3c(c2)c(-c2ccc(OC(F)(F)F)cc2)cn3CCCN)CC1. The Hall–Kier alpha value is -2.55. The van der Waals surface area contributed by atoms with Crippen LogP contribution in [0.4, 0.5) is 13.2 Å². The quantitative estimate of drug-likeness (QED) is 0.452. The van der Waals surface area contributed by atoms with Gasteiger partial charge in [-0.15, -0.1) is 13.2 Å². The summed E-state index contributed by atoms with van der Waals surface area (Å²) in [5, 5.41) is 4.64. The number of nitrogens with two attached hydrogens (primary N) is 1. The van der Waals surface area contributed by atoms with Crippen LogP contribution in [0.5, 0.6) is 5.75 Å². The number of benzene rings is 2. The number of fused-ring (bicyclic) bond motifs is 1. The van der Waals surface area contributed by atoms with Crippen LogP contribution in [-0.4, -0.2) is 48.1 Å². The first-order chi connectivity index (χ1) is 16.4. The second kappa shape index (κ2) is 10.8. The summed E-state index contributed by atoms with van der Waals surface area (Å²) in [7, 11) is 0. The molecule has 0 amide bonds. The van der Waals surface area contributed by atoms with E-state index in [0.29, 0.717) is 12.6 Å². The Morgan fingerprint density at radius 3 is 2.47 bits per heavy atom. The number of ether oxygens (including phenoxy) is 1. The van der Waals surface area contributed by atoms with E-state index in [9.17, 15) is 13.2 Å². The minimum absolute atomic E-state index is 0.218. The van der Waals surface area contributed by atoms with E-state index in [1.54, 1.807) is 12.1 Å². The van der Waals surface area contributed by atoms with Crippen LogP contribution in [0.15, 0.2) is 48.7 Å². The van der Waals surface area contributed by atoms with Crippen molar-refractivity contribution in [1.82, 2.24) is 14.8 Å². The average molecular weight is 475 g/mol. The predicted octanol–water partition coefficient (Wildman–Crippen LogP) is 5.13. The molecule has 0 spiro atoms. The van der Waals surface area contributed by atoms with Gasteiger partial charge >= 0.3 is 6.36 Å². The Labute approximate surface area is 198 Å². The highest BCUT2D eigenvalue weighted by atomic mass is 19.4. The molecule has 4 rings (SSSR count). The molecule has 1 saturated heterocycles. The van der Waals surface area contributed by atoms with Crippen molar-refractivity contribution in [1.29, 1.82) is 0 Å². The number of hydrogen-bond donors (Lipinski definition) is 2. The minimum atomic E-state index is -4.70. The van der Waals surface area contributed by atoms with Crippen molar-refractivity contribution in [3.63, 3.8) is 0 Å². The molecule has 1 fully saturated rings. The fourth-order valence-electron chi connectivity index (χ4n) is 4.80. The lowest BCUT2D eigenvalue weighted by molar-refractivity contribution is -0.274. The van der Waals surface area contributed by atoms with Crippen LogP contribution in [0.25, 0.3) is 22.0 Å². The van der Waals surface area contributed by atoms with Crippen molar-refractivity contribution in [3.8, 4) is 16.9 Å². The molecule has 184 valence electrons. The highest BCUT2D eigenvalue weighted by molar-refractivity contribution is 5.96. The van der Waals surface area contributed by atoms with Crippen LogP contribution < -0.4 is 15.8 Å². The number of nitrogens with one attached hydrogen (secondary N) is 1. The fraction of sp³-hybridized carbons (Fsp3) is 0.462. The van der Waals surface area contributed by atoms with Crippen LogP contribution >= 0.6 is 0 Å². The molecule has 1 aliphatic heterocycles. The molecule has 2 aromatic carbocycles. The average Bonchev–Trinajstić information content (AvgIpc) is 3.16. The van der Waals surface area contributed by atoms with Gasteiger partial charge in [0.05, 0.1) is 0 Å². The van der Waals surface area contributed by atoms with Crippen LogP contribution in [0, 0.1) is 0 Å². The van der Waals surface area contributed by atoms with E-state index in [1.165, 1.54) is 17.7 Å². The van der Waals surface area contributed by atoms with E-state index >= 15 is 0 Å². The summed E-state index contributed by atoms with van der Waals surface area (Å²) in [6.07, 6.45) is 0.539. The van der Waals surface area contributed by atoms with Gasteiger partial charge < -0.3 is 20.4 Å². The first-order valence-electron chi connectivity index (χ1n) is 12.0. The van der Waals surface area contributed by atoms with Gasteiger partial charge in [-0.05, 0) is 80.8 Å². The molecular weight excluding hydrogens is 441 g/mol. The number of rotatable bonds is 9. The number of nitrogens with zero attached hydrogens (tertiary/aromatic N) is 2. The van der Waals surface area contributed by atoms with E-state index in [-0.39, 0.29) is 5.75 Å². The number of hydrogen-bond acceptors (Lipinski definition) is 4. The van der Waals surface area contributed by atoms with Gasteiger partial charge in [0.1, 0.15) is 5.75 Å². The predicted molar refractivity (Wildman–Crippen MR) is 130 cm³/mol. The van der Waals surface area contributed by atoms with Gasteiger partial charge in [0, 0.05) is 41.8 Å². The zero-order valence-corrected chi connectivity index (χ0v) is 19.6. The van der Waals surface area contributed by atoms with Crippen molar-refractivity contribution in [2.45, 2.75) is 51.7 Å². The third kappa shape index (κ3) is 6.11. The molecule has 0 bridgehead atoms. The van der Waals surface area contributed by atoms with Gasteiger partial charge in [-0.1, -0.05) is 25.1 Å². The molecule has 5 nitrogen and oxygen atoms in total. The Morgan fingerprint density at radius 1 is 1.09 bits per heavy atom. The third-order valence-electron chi connectivity index (χ3n) is 6.43. The fourth-order valence-corrected chi connectivity index (χ4v) is 4.80. The van der Waals surface area contributed by atoms with E-state index in [0.717, 1.165) is 74.0 Å².